The van der Waals surface area contributed by atoms with Crippen LogP contribution in [0.2, 0.25) is 0 Å². The molecule has 0 aromatic heterocycles. The minimum Gasteiger partial charge on any atom is -0.381 e. The van der Waals surface area contributed by atoms with Crippen LogP contribution >= 0.6 is 0 Å². The van der Waals surface area contributed by atoms with Gasteiger partial charge in [0.25, 0.3) is 0 Å². The quantitative estimate of drug-likeness (QED) is 0.674. The molecular formula is C11H22N2O. The maximum absolute atomic E-state index is 5.85. The first kappa shape index (κ1) is 10.4. The van der Waals surface area contributed by atoms with Crippen molar-refractivity contribution < 1.29 is 4.74 Å². The third kappa shape index (κ3) is 1.95. The van der Waals surface area contributed by atoms with Gasteiger partial charge < -0.3 is 15.4 Å². The van der Waals surface area contributed by atoms with Gasteiger partial charge in [-0.3, -0.25) is 0 Å². The summed E-state index contributed by atoms with van der Waals surface area (Å²) in [5, 5.41) is 0. The van der Waals surface area contributed by atoms with Gasteiger partial charge in [0.2, 0.25) is 0 Å². The summed E-state index contributed by atoms with van der Waals surface area (Å²) in [7, 11) is 2.25. The van der Waals surface area contributed by atoms with Crippen LogP contribution in [0, 0.1) is 11.8 Å². The van der Waals surface area contributed by atoms with Gasteiger partial charge in [-0.25, -0.2) is 0 Å². The molecule has 3 unspecified atom stereocenters. The van der Waals surface area contributed by atoms with E-state index in [9.17, 15) is 0 Å². The Kier molecular flexibility index (Phi) is 3.42. The molecule has 0 amide bonds. The van der Waals surface area contributed by atoms with Crippen molar-refractivity contribution in [3.63, 3.8) is 0 Å². The van der Waals surface area contributed by atoms with Crippen molar-refractivity contribution in [2.45, 2.75) is 25.3 Å². The van der Waals surface area contributed by atoms with Gasteiger partial charge in [-0.1, -0.05) is 0 Å². The Labute approximate surface area is 86.6 Å². The van der Waals surface area contributed by atoms with Gasteiger partial charge in [0.05, 0.1) is 6.61 Å². The molecule has 2 saturated heterocycles. The number of hydrogen-bond donors (Lipinski definition) is 1. The van der Waals surface area contributed by atoms with Crippen LogP contribution in [0.3, 0.4) is 0 Å². The summed E-state index contributed by atoms with van der Waals surface area (Å²) in [6.07, 6.45) is 3.77. The van der Waals surface area contributed by atoms with E-state index in [0.29, 0.717) is 11.8 Å². The summed E-state index contributed by atoms with van der Waals surface area (Å²) in [5.41, 5.74) is 5.85. The molecular weight excluding hydrogens is 176 g/mol. The first-order valence-corrected chi connectivity index (χ1v) is 5.81. The second kappa shape index (κ2) is 4.60. The van der Waals surface area contributed by atoms with Crippen molar-refractivity contribution in [3.05, 3.63) is 0 Å². The predicted molar refractivity (Wildman–Crippen MR) is 57.1 cm³/mol. The van der Waals surface area contributed by atoms with E-state index in [1.54, 1.807) is 0 Å². The molecule has 3 atom stereocenters. The number of ether oxygens (including phenoxy) is 1. The molecule has 82 valence electrons. The van der Waals surface area contributed by atoms with Gasteiger partial charge in [-0.2, -0.15) is 0 Å². The zero-order chi connectivity index (χ0) is 9.97. The molecule has 2 aliphatic rings. The highest BCUT2D eigenvalue weighted by molar-refractivity contribution is 4.88. The van der Waals surface area contributed by atoms with E-state index in [4.69, 9.17) is 10.5 Å². The zero-order valence-corrected chi connectivity index (χ0v) is 9.11. The number of likely N-dealkylation sites (tertiary alicyclic amines) is 1. The molecule has 3 heteroatoms. The molecule has 0 saturated carbocycles. The Hall–Kier alpha value is -0.120. The van der Waals surface area contributed by atoms with Gasteiger partial charge in [0, 0.05) is 18.6 Å². The average Bonchev–Trinajstić information content (AvgIpc) is 2.39. The molecule has 0 spiro atoms. The van der Waals surface area contributed by atoms with Crippen LogP contribution in [0.15, 0.2) is 0 Å². The summed E-state index contributed by atoms with van der Waals surface area (Å²) in [6, 6.07) is 0.722. The fourth-order valence-electron chi connectivity index (χ4n) is 3.02. The molecule has 2 heterocycles. The number of rotatable bonds is 1. The largest absolute Gasteiger partial charge is 0.381 e. The third-order valence-electron chi connectivity index (χ3n) is 3.92. The van der Waals surface area contributed by atoms with Crippen molar-refractivity contribution in [1.29, 1.82) is 0 Å². The fourth-order valence-corrected chi connectivity index (χ4v) is 3.02. The Bertz CT molecular complexity index is 186. The summed E-state index contributed by atoms with van der Waals surface area (Å²) < 4.78 is 5.59. The highest BCUT2D eigenvalue weighted by Crippen LogP contribution is 2.31. The highest BCUT2D eigenvalue weighted by Gasteiger charge is 2.35. The lowest BCUT2D eigenvalue weighted by Gasteiger charge is -2.38. The predicted octanol–water partition coefficient (Wildman–Crippen LogP) is 0.692. The van der Waals surface area contributed by atoms with Gasteiger partial charge >= 0.3 is 0 Å². The van der Waals surface area contributed by atoms with E-state index in [1.165, 1.54) is 25.8 Å². The zero-order valence-electron chi connectivity index (χ0n) is 9.11. The summed E-state index contributed by atoms with van der Waals surface area (Å²) in [6.45, 7) is 3.93. The van der Waals surface area contributed by atoms with Gasteiger partial charge in [0.15, 0.2) is 0 Å². The smallest absolute Gasteiger partial charge is 0.0512 e. The van der Waals surface area contributed by atoms with Crippen molar-refractivity contribution in [2.24, 2.45) is 17.6 Å². The van der Waals surface area contributed by atoms with E-state index in [0.717, 1.165) is 25.8 Å². The first-order valence-electron chi connectivity index (χ1n) is 5.81. The van der Waals surface area contributed by atoms with Gasteiger partial charge in [0.1, 0.15) is 0 Å². The molecule has 0 bridgehead atoms. The number of nitrogens with zero attached hydrogens (tertiary/aromatic N) is 1. The lowest BCUT2D eigenvalue weighted by Crippen LogP contribution is -2.46. The Morgan fingerprint density at radius 1 is 1.43 bits per heavy atom. The van der Waals surface area contributed by atoms with Crippen LogP contribution in [-0.4, -0.2) is 44.3 Å². The first-order chi connectivity index (χ1) is 6.83. The van der Waals surface area contributed by atoms with Gasteiger partial charge in [-0.15, -0.1) is 0 Å². The maximum atomic E-state index is 5.85. The minimum absolute atomic E-state index is 0.682. The maximum Gasteiger partial charge on any atom is 0.0512 e. The molecule has 3 nitrogen and oxygen atoms in total. The van der Waals surface area contributed by atoms with E-state index in [-0.39, 0.29) is 0 Å². The van der Waals surface area contributed by atoms with Crippen LogP contribution in [0.5, 0.6) is 0 Å². The molecule has 0 aliphatic carbocycles. The number of fused-ring (bicyclic) bond motifs is 1. The standard InChI is InChI=1S/C11H22N2O/c1-13-5-2-3-9(7-12)10-8-14-6-4-11(10)13/h9-11H,2-8,12H2,1H3. The summed E-state index contributed by atoms with van der Waals surface area (Å²) in [4.78, 5) is 2.52. The van der Waals surface area contributed by atoms with E-state index in [2.05, 4.69) is 11.9 Å². The molecule has 0 aromatic rings. The molecule has 2 rings (SSSR count). The minimum atomic E-state index is 0.682. The molecule has 2 aliphatic heterocycles. The molecule has 2 N–H and O–H groups in total. The van der Waals surface area contributed by atoms with Gasteiger partial charge in [-0.05, 0) is 45.3 Å². The molecule has 2 fully saturated rings. The van der Waals surface area contributed by atoms with E-state index < -0.39 is 0 Å². The van der Waals surface area contributed by atoms with Crippen molar-refractivity contribution in [2.75, 3.05) is 33.4 Å². The lowest BCUT2D eigenvalue weighted by molar-refractivity contribution is -0.0172. The average molecular weight is 198 g/mol. The number of nitrogens with two attached hydrogens (primary N) is 1. The Morgan fingerprint density at radius 3 is 3.07 bits per heavy atom. The van der Waals surface area contributed by atoms with Crippen LogP contribution in [0.25, 0.3) is 0 Å². The second-order valence-electron chi connectivity index (χ2n) is 4.71. The second-order valence-corrected chi connectivity index (χ2v) is 4.71. The Balaban J connectivity index is 2.09. The SMILES string of the molecule is CN1CCCC(CN)C2COCCC21. The monoisotopic (exact) mass is 198 g/mol. The topological polar surface area (TPSA) is 38.5 Å². The summed E-state index contributed by atoms with van der Waals surface area (Å²) >= 11 is 0. The lowest BCUT2D eigenvalue weighted by atomic mass is 9.82. The molecule has 14 heavy (non-hydrogen) atoms. The Morgan fingerprint density at radius 2 is 2.29 bits per heavy atom. The van der Waals surface area contributed by atoms with Crippen LogP contribution in [0.4, 0.5) is 0 Å². The van der Waals surface area contributed by atoms with Crippen LogP contribution in [-0.2, 0) is 4.74 Å². The third-order valence-corrected chi connectivity index (χ3v) is 3.92. The number of hydrogen-bond acceptors (Lipinski definition) is 3. The van der Waals surface area contributed by atoms with Crippen LogP contribution < -0.4 is 5.73 Å². The fraction of sp³-hybridized carbons (Fsp3) is 1.00. The van der Waals surface area contributed by atoms with E-state index >= 15 is 0 Å². The summed E-state index contributed by atoms with van der Waals surface area (Å²) in [5.74, 6) is 1.37. The normalized spacial score (nSPS) is 40.3. The van der Waals surface area contributed by atoms with Crippen molar-refractivity contribution >= 4 is 0 Å². The van der Waals surface area contributed by atoms with Crippen molar-refractivity contribution in [1.82, 2.24) is 4.90 Å². The molecule has 0 aromatic carbocycles. The van der Waals surface area contributed by atoms with E-state index in [1.807, 2.05) is 0 Å². The molecule has 0 radical (unpaired) electrons. The van der Waals surface area contributed by atoms with Crippen molar-refractivity contribution in [3.8, 4) is 0 Å². The highest BCUT2D eigenvalue weighted by atomic mass is 16.5. The van der Waals surface area contributed by atoms with Crippen LogP contribution in [0.1, 0.15) is 19.3 Å².